The number of hydrazine groups is 1. The highest BCUT2D eigenvalue weighted by Crippen LogP contribution is 2.30. The second-order valence-corrected chi connectivity index (χ2v) is 6.15. The Kier molecular flexibility index (Phi) is 5.27. The molecular formula is C14H19BrClN5. The minimum atomic E-state index is -0.138. The summed E-state index contributed by atoms with van der Waals surface area (Å²) < 4.78 is 2.86. The molecule has 0 spiro atoms. The van der Waals surface area contributed by atoms with Gasteiger partial charge < -0.3 is 5.73 Å². The summed E-state index contributed by atoms with van der Waals surface area (Å²) in [6.45, 7) is 4.69. The van der Waals surface area contributed by atoms with Crippen molar-refractivity contribution in [1.82, 2.24) is 15.2 Å². The Morgan fingerprint density at radius 2 is 2.19 bits per heavy atom. The minimum Gasteiger partial charge on any atom is -0.398 e. The molecule has 0 saturated heterocycles. The number of nitrogens with two attached hydrogens (primary N) is 2. The van der Waals surface area contributed by atoms with Gasteiger partial charge >= 0.3 is 0 Å². The van der Waals surface area contributed by atoms with Crippen LogP contribution in [0.15, 0.2) is 22.7 Å². The largest absolute Gasteiger partial charge is 0.398 e. The third-order valence-corrected chi connectivity index (χ3v) is 4.46. The molecule has 5 N–H and O–H groups in total. The monoisotopic (exact) mass is 371 g/mol. The van der Waals surface area contributed by atoms with E-state index in [1.165, 1.54) is 0 Å². The Morgan fingerprint density at radius 1 is 1.48 bits per heavy atom. The highest BCUT2D eigenvalue weighted by atomic mass is 79.9. The van der Waals surface area contributed by atoms with Crippen molar-refractivity contribution in [3.05, 3.63) is 44.6 Å². The number of hydrogen-bond donors (Lipinski definition) is 3. The van der Waals surface area contributed by atoms with Crippen molar-refractivity contribution in [2.45, 2.75) is 32.9 Å². The van der Waals surface area contributed by atoms with Gasteiger partial charge in [-0.3, -0.25) is 16.0 Å². The molecule has 1 aromatic carbocycles. The molecule has 5 nitrogen and oxygen atoms in total. The maximum atomic E-state index is 6.36. The fourth-order valence-corrected chi connectivity index (χ4v) is 2.95. The van der Waals surface area contributed by atoms with E-state index in [0.717, 1.165) is 28.0 Å². The van der Waals surface area contributed by atoms with Crippen molar-refractivity contribution in [2.24, 2.45) is 5.84 Å². The average Bonchev–Trinajstić information content (AvgIpc) is 2.74. The molecule has 21 heavy (non-hydrogen) atoms. The van der Waals surface area contributed by atoms with E-state index < -0.39 is 0 Å². The predicted molar refractivity (Wildman–Crippen MR) is 90.0 cm³/mol. The lowest BCUT2D eigenvalue weighted by Crippen LogP contribution is -2.31. The molecule has 2 aromatic rings. The molecule has 1 atom stereocenters. The summed E-state index contributed by atoms with van der Waals surface area (Å²) in [5.41, 5.74) is 12.3. The zero-order valence-electron chi connectivity index (χ0n) is 12.0. The van der Waals surface area contributed by atoms with Crippen LogP contribution in [0.1, 0.15) is 29.9 Å². The first-order valence-electron chi connectivity index (χ1n) is 6.70. The molecule has 0 radical (unpaired) electrons. The fraction of sp³-hybridized carbons (Fsp3) is 0.357. The Morgan fingerprint density at radius 3 is 2.81 bits per heavy atom. The van der Waals surface area contributed by atoms with Gasteiger partial charge in [-0.1, -0.05) is 27.5 Å². The van der Waals surface area contributed by atoms with E-state index in [9.17, 15) is 0 Å². The Labute approximate surface area is 137 Å². The van der Waals surface area contributed by atoms with Crippen LogP contribution in [0.5, 0.6) is 0 Å². The van der Waals surface area contributed by atoms with Gasteiger partial charge in [0.25, 0.3) is 0 Å². The van der Waals surface area contributed by atoms with Crippen molar-refractivity contribution < 1.29 is 0 Å². The molecule has 0 bridgehead atoms. The van der Waals surface area contributed by atoms with E-state index in [1.807, 2.05) is 36.7 Å². The summed E-state index contributed by atoms with van der Waals surface area (Å²) in [5, 5.41) is 5.11. The normalized spacial score (nSPS) is 12.6. The molecule has 0 aliphatic rings. The number of nitrogens with zero attached hydrogens (tertiary/aromatic N) is 2. The maximum Gasteiger partial charge on any atom is 0.0847 e. The zero-order valence-corrected chi connectivity index (χ0v) is 14.4. The van der Waals surface area contributed by atoms with Gasteiger partial charge in [-0.25, -0.2) is 0 Å². The van der Waals surface area contributed by atoms with E-state index in [-0.39, 0.29) is 6.04 Å². The molecule has 7 heteroatoms. The van der Waals surface area contributed by atoms with Gasteiger partial charge in [-0.15, -0.1) is 0 Å². The van der Waals surface area contributed by atoms with Crippen LogP contribution in [0, 0.1) is 6.92 Å². The SMILES string of the molecule is CCn1nc(C)c(Cl)c1CC(NN)c1cc(Br)ccc1N. The van der Waals surface area contributed by atoms with E-state index >= 15 is 0 Å². The smallest absolute Gasteiger partial charge is 0.0847 e. The molecule has 114 valence electrons. The summed E-state index contributed by atoms with van der Waals surface area (Å²) in [7, 11) is 0. The molecule has 1 aromatic heterocycles. The third-order valence-electron chi connectivity index (χ3n) is 3.48. The first kappa shape index (κ1) is 16.3. The molecule has 1 unspecified atom stereocenters. The summed E-state index contributed by atoms with van der Waals surface area (Å²) >= 11 is 9.82. The predicted octanol–water partition coefficient (Wildman–Crippen LogP) is 2.96. The van der Waals surface area contributed by atoms with Crippen LogP contribution in [0.3, 0.4) is 0 Å². The number of halogens is 2. The number of rotatable bonds is 5. The van der Waals surface area contributed by atoms with Gasteiger partial charge in [0.15, 0.2) is 0 Å². The third kappa shape index (κ3) is 3.40. The average molecular weight is 373 g/mol. The quantitative estimate of drug-likeness (QED) is 0.428. The Balaban J connectivity index is 2.38. The molecular weight excluding hydrogens is 354 g/mol. The highest BCUT2D eigenvalue weighted by Gasteiger charge is 2.20. The van der Waals surface area contributed by atoms with Crippen LogP contribution in [-0.4, -0.2) is 9.78 Å². The van der Waals surface area contributed by atoms with Crippen molar-refractivity contribution in [1.29, 1.82) is 0 Å². The molecule has 0 aliphatic carbocycles. The minimum absolute atomic E-state index is 0.138. The standard InChI is InChI=1S/C14H19BrClN5/c1-3-21-13(14(16)8(2)20-21)7-12(19-18)10-6-9(15)4-5-11(10)17/h4-6,12,19H,3,7,17-18H2,1-2H3. The number of nitrogens with one attached hydrogen (secondary N) is 1. The molecule has 0 aliphatic heterocycles. The van der Waals surface area contributed by atoms with Crippen LogP contribution >= 0.6 is 27.5 Å². The topological polar surface area (TPSA) is 81.9 Å². The van der Waals surface area contributed by atoms with Crippen molar-refractivity contribution in [2.75, 3.05) is 5.73 Å². The van der Waals surface area contributed by atoms with Gasteiger partial charge in [0.1, 0.15) is 0 Å². The van der Waals surface area contributed by atoms with Gasteiger partial charge in [-0.05, 0) is 37.6 Å². The summed E-state index contributed by atoms with van der Waals surface area (Å²) in [4.78, 5) is 0. The summed E-state index contributed by atoms with van der Waals surface area (Å²) in [6, 6.07) is 5.59. The number of hydrogen-bond acceptors (Lipinski definition) is 4. The van der Waals surface area contributed by atoms with Crippen molar-refractivity contribution in [3.63, 3.8) is 0 Å². The molecule has 0 saturated carbocycles. The van der Waals surface area contributed by atoms with Gasteiger partial charge in [0.2, 0.25) is 0 Å². The number of anilines is 1. The van der Waals surface area contributed by atoms with Crippen LogP contribution in [-0.2, 0) is 13.0 Å². The molecule has 0 amide bonds. The fourth-order valence-electron chi connectivity index (χ4n) is 2.36. The molecule has 0 fully saturated rings. The van der Waals surface area contributed by atoms with Crippen molar-refractivity contribution in [3.8, 4) is 0 Å². The van der Waals surface area contributed by atoms with E-state index in [1.54, 1.807) is 0 Å². The van der Waals surface area contributed by atoms with E-state index in [2.05, 4.69) is 26.5 Å². The summed E-state index contributed by atoms with van der Waals surface area (Å²) in [6.07, 6.45) is 0.616. The van der Waals surface area contributed by atoms with Crippen molar-refractivity contribution >= 4 is 33.2 Å². The second kappa shape index (κ2) is 6.79. The Hall–Kier alpha value is -1.08. The number of nitrogen functional groups attached to an aromatic ring is 1. The Bertz CT molecular complexity index is 641. The first-order chi connectivity index (χ1) is 9.97. The lowest BCUT2D eigenvalue weighted by atomic mass is 10.0. The first-order valence-corrected chi connectivity index (χ1v) is 7.87. The zero-order chi connectivity index (χ0) is 15.6. The number of aromatic nitrogens is 2. The second-order valence-electron chi connectivity index (χ2n) is 4.86. The van der Waals surface area contributed by atoms with E-state index in [4.69, 9.17) is 23.2 Å². The summed E-state index contributed by atoms with van der Waals surface area (Å²) in [5.74, 6) is 5.73. The lowest BCUT2D eigenvalue weighted by Gasteiger charge is -2.19. The van der Waals surface area contributed by atoms with E-state index in [0.29, 0.717) is 17.1 Å². The maximum absolute atomic E-state index is 6.36. The van der Waals surface area contributed by atoms with Crippen LogP contribution < -0.4 is 17.0 Å². The van der Waals surface area contributed by atoms with Gasteiger partial charge in [-0.2, -0.15) is 5.10 Å². The van der Waals surface area contributed by atoms with Crippen LogP contribution in [0.25, 0.3) is 0 Å². The number of aryl methyl sites for hydroxylation is 2. The molecule has 2 rings (SSSR count). The molecule has 1 heterocycles. The van der Waals surface area contributed by atoms with Crippen LogP contribution in [0.2, 0.25) is 5.02 Å². The van der Waals surface area contributed by atoms with Gasteiger partial charge in [0.05, 0.1) is 22.5 Å². The number of benzene rings is 1. The van der Waals surface area contributed by atoms with Gasteiger partial charge in [0, 0.05) is 23.1 Å². The highest BCUT2D eigenvalue weighted by molar-refractivity contribution is 9.10. The lowest BCUT2D eigenvalue weighted by molar-refractivity contribution is 0.518. The van der Waals surface area contributed by atoms with Crippen LogP contribution in [0.4, 0.5) is 5.69 Å².